The number of pyridine rings is 1. The SMILES string of the molecule is O=C(NC1CCn2nc(-c3ccccc3)nc2C1)c1[nH]ncc1-c1cc(F)ccn1. The van der Waals surface area contributed by atoms with E-state index in [0.717, 1.165) is 17.8 Å². The summed E-state index contributed by atoms with van der Waals surface area (Å²) >= 11 is 0. The minimum Gasteiger partial charge on any atom is -0.347 e. The Morgan fingerprint density at radius 2 is 2.10 bits per heavy atom. The molecule has 1 aliphatic heterocycles. The Balaban J connectivity index is 1.32. The molecule has 1 amide bonds. The average molecular weight is 403 g/mol. The maximum Gasteiger partial charge on any atom is 0.270 e. The fourth-order valence-corrected chi connectivity index (χ4v) is 3.60. The smallest absolute Gasteiger partial charge is 0.270 e. The summed E-state index contributed by atoms with van der Waals surface area (Å²) < 4.78 is 15.4. The summed E-state index contributed by atoms with van der Waals surface area (Å²) in [7, 11) is 0. The molecule has 8 nitrogen and oxygen atoms in total. The molecule has 0 aliphatic carbocycles. The second-order valence-electron chi connectivity index (χ2n) is 7.12. The predicted molar refractivity (Wildman–Crippen MR) is 107 cm³/mol. The molecule has 4 heterocycles. The lowest BCUT2D eigenvalue weighted by Crippen LogP contribution is -2.40. The highest BCUT2D eigenvalue weighted by Crippen LogP contribution is 2.22. The molecule has 30 heavy (non-hydrogen) atoms. The van der Waals surface area contributed by atoms with E-state index >= 15 is 0 Å². The van der Waals surface area contributed by atoms with Gasteiger partial charge in [0, 0.05) is 36.8 Å². The van der Waals surface area contributed by atoms with Gasteiger partial charge in [-0.1, -0.05) is 30.3 Å². The van der Waals surface area contributed by atoms with Crippen LogP contribution in [0.15, 0.2) is 54.9 Å². The molecule has 2 N–H and O–H groups in total. The van der Waals surface area contributed by atoms with Gasteiger partial charge in [0.25, 0.3) is 5.91 Å². The van der Waals surface area contributed by atoms with Crippen molar-refractivity contribution < 1.29 is 9.18 Å². The van der Waals surface area contributed by atoms with Crippen molar-refractivity contribution >= 4 is 5.91 Å². The van der Waals surface area contributed by atoms with E-state index in [9.17, 15) is 9.18 Å². The highest BCUT2D eigenvalue weighted by atomic mass is 19.1. The lowest BCUT2D eigenvalue weighted by atomic mass is 10.1. The normalized spacial score (nSPS) is 15.6. The van der Waals surface area contributed by atoms with Gasteiger partial charge in [-0.25, -0.2) is 14.1 Å². The van der Waals surface area contributed by atoms with E-state index < -0.39 is 5.82 Å². The number of aromatic amines is 1. The van der Waals surface area contributed by atoms with Gasteiger partial charge in [0.1, 0.15) is 17.3 Å². The summed E-state index contributed by atoms with van der Waals surface area (Å²) in [5, 5.41) is 14.2. The third-order valence-electron chi connectivity index (χ3n) is 5.10. The first-order chi connectivity index (χ1) is 14.7. The number of hydrogen-bond donors (Lipinski definition) is 2. The predicted octanol–water partition coefficient (Wildman–Crippen LogP) is 2.61. The van der Waals surface area contributed by atoms with Crippen molar-refractivity contribution in [1.82, 2.24) is 35.3 Å². The van der Waals surface area contributed by atoms with Crippen molar-refractivity contribution in [3.05, 3.63) is 72.2 Å². The van der Waals surface area contributed by atoms with Gasteiger partial charge in [0.15, 0.2) is 5.82 Å². The molecule has 0 bridgehead atoms. The number of aryl methyl sites for hydroxylation is 1. The number of carbonyl (C=O) groups excluding carboxylic acids is 1. The highest BCUT2D eigenvalue weighted by Gasteiger charge is 2.25. The third kappa shape index (κ3) is 3.45. The van der Waals surface area contributed by atoms with Gasteiger partial charge in [0.05, 0.1) is 17.5 Å². The number of nitrogens with zero attached hydrogens (tertiary/aromatic N) is 5. The number of rotatable bonds is 4. The number of fused-ring (bicyclic) bond motifs is 1. The molecule has 4 aromatic rings. The summed E-state index contributed by atoms with van der Waals surface area (Å²) in [6.45, 7) is 0.668. The largest absolute Gasteiger partial charge is 0.347 e. The van der Waals surface area contributed by atoms with Crippen LogP contribution in [-0.4, -0.2) is 41.9 Å². The monoisotopic (exact) mass is 403 g/mol. The summed E-state index contributed by atoms with van der Waals surface area (Å²) in [5.74, 6) is 0.788. The molecule has 150 valence electrons. The van der Waals surface area contributed by atoms with Crippen LogP contribution < -0.4 is 5.32 Å². The van der Waals surface area contributed by atoms with Gasteiger partial charge in [0.2, 0.25) is 0 Å². The van der Waals surface area contributed by atoms with Crippen LogP contribution in [0, 0.1) is 5.82 Å². The third-order valence-corrected chi connectivity index (χ3v) is 5.10. The number of halogens is 1. The van der Waals surface area contributed by atoms with E-state index in [1.54, 1.807) is 0 Å². The van der Waals surface area contributed by atoms with Gasteiger partial charge in [-0.2, -0.15) is 10.2 Å². The number of H-pyrrole nitrogens is 1. The van der Waals surface area contributed by atoms with Crippen LogP contribution in [-0.2, 0) is 13.0 Å². The molecule has 1 atom stereocenters. The van der Waals surface area contributed by atoms with E-state index in [-0.39, 0.29) is 17.6 Å². The zero-order valence-corrected chi connectivity index (χ0v) is 15.9. The number of carbonyl (C=O) groups is 1. The maximum atomic E-state index is 13.5. The zero-order valence-electron chi connectivity index (χ0n) is 15.9. The minimum absolute atomic E-state index is 0.0885. The van der Waals surface area contributed by atoms with E-state index in [0.29, 0.717) is 30.0 Å². The molecule has 3 aromatic heterocycles. The first kappa shape index (κ1) is 18.2. The molecule has 1 aromatic carbocycles. The molecule has 5 rings (SSSR count). The van der Waals surface area contributed by atoms with Crippen molar-refractivity contribution in [3.63, 3.8) is 0 Å². The molecule has 1 aliphatic rings. The van der Waals surface area contributed by atoms with Gasteiger partial charge in [-0.05, 0) is 12.5 Å². The fraction of sp³-hybridized carbons (Fsp3) is 0.190. The molecule has 9 heteroatoms. The standard InChI is InChI=1S/C21H18FN7O/c22-14-6-8-23-17(10-14)16-12-24-27-19(16)21(30)25-15-7-9-29-18(11-15)26-20(28-29)13-4-2-1-3-5-13/h1-6,8,10,12,15H,7,9,11H2,(H,24,27)(H,25,30). The molecule has 0 saturated heterocycles. The summed E-state index contributed by atoms with van der Waals surface area (Å²) in [4.78, 5) is 21.6. The lowest BCUT2D eigenvalue weighted by Gasteiger charge is -2.23. The molecule has 0 fully saturated rings. The summed E-state index contributed by atoms with van der Waals surface area (Å²) in [6, 6.07) is 12.2. The first-order valence-corrected chi connectivity index (χ1v) is 9.62. The number of benzene rings is 1. The van der Waals surface area contributed by atoms with Gasteiger partial charge >= 0.3 is 0 Å². The van der Waals surface area contributed by atoms with E-state index in [2.05, 4.69) is 30.6 Å². The van der Waals surface area contributed by atoms with Crippen molar-refractivity contribution in [2.45, 2.75) is 25.4 Å². The molecule has 0 saturated carbocycles. The molecule has 0 spiro atoms. The van der Waals surface area contributed by atoms with Crippen LogP contribution in [0.4, 0.5) is 4.39 Å². The molecular formula is C21H18FN7O. The zero-order chi connectivity index (χ0) is 20.5. The Bertz CT molecular complexity index is 1200. The van der Waals surface area contributed by atoms with E-state index in [4.69, 9.17) is 0 Å². The van der Waals surface area contributed by atoms with Crippen molar-refractivity contribution in [2.24, 2.45) is 0 Å². The first-order valence-electron chi connectivity index (χ1n) is 9.62. The number of hydrogen-bond acceptors (Lipinski definition) is 5. The van der Waals surface area contributed by atoms with Crippen molar-refractivity contribution in [2.75, 3.05) is 0 Å². The second-order valence-corrected chi connectivity index (χ2v) is 7.12. The Kier molecular flexibility index (Phi) is 4.55. The molecule has 0 radical (unpaired) electrons. The Morgan fingerprint density at radius 1 is 1.23 bits per heavy atom. The topological polar surface area (TPSA) is 101 Å². The van der Waals surface area contributed by atoms with Crippen LogP contribution in [0.1, 0.15) is 22.7 Å². The number of aromatic nitrogens is 6. The summed E-state index contributed by atoms with van der Waals surface area (Å²) in [6.07, 6.45) is 4.14. The number of nitrogens with one attached hydrogen (secondary N) is 2. The molecule has 1 unspecified atom stereocenters. The van der Waals surface area contributed by atoms with Gasteiger partial charge in [-0.15, -0.1) is 0 Å². The molecular weight excluding hydrogens is 385 g/mol. The summed E-state index contributed by atoms with van der Waals surface area (Å²) in [5.41, 5.74) is 2.02. The lowest BCUT2D eigenvalue weighted by molar-refractivity contribution is 0.0925. The Hall–Kier alpha value is -3.88. The van der Waals surface area contributed by atoms with Crippen LogP contribution in [0.3, 0.4) is 0 Å². The van der Waals surface area contributed by atoms with Crippen LogP contribution in [0.2, 0.25) is 0 Å². The van der Waals surface area contributed by atoms with E-state index in [1.165, 1.54) is 24.5 Å². The van der Waals surface area contributed by atoms with E-state index in [1.807, 2.05) is 35.0 Å². The fourth-order valence-electron chi connectivity index (χ4n) is 3.60. The van der Waals surface area contributed by atoms with Crippen LogP contribution in [0.25, 0.3) is 22.6 Å². The average Bonchev–Trinajstić information content (AvgIpc) is 3.41. The van der Waals surface area contributed by atoms with Gasteiger partial charge in [-0.3, -0.25) is 14.9 Å². The maximum absolute atomic E-state index is 13.5. The van der Waals surface area contributed by atoms with Crippen LogP contribution in [0.5, 0.6) is 0 Å². The number of amides is 1. The van der Waals surface area contributed by atoms with Gasteiger partial charge < -0.3 is 5.32 Å². The van der Waals surface area contributed by atoms with Crippen molar-refractivity contribution in [3.8, 4) is 22.6 Å². The highest BCUT2D eigenvalue weighted by molar-refractivity contribution is 5.98. The minimum atomic E-state index is -0.423. The van der Waals surface area contributed by atoms with Crippen molar-refractivity contribution in [1.29, 1.82) is 0 Å². The quantitative estimate of drug-likeness (QED) is 0.545. The second kappa shape index (κ2) is 7.51. The Morgan fingerprint density at radius 3 is 2.93 bits per heavy atom. The van der Waals surface area contributed by atoms with Crippen LogP contribution >= 0.6 is 0 Å². The Labute approximate surface area is 171 Å².